The summed E-state index contributed by atoms with van der Waals surface area (Å²) >= 11 is 6.20. The molecule has 1 aliphatic carbocycles. The van der Waals surface area contributed by atoms with Crippen LogP contribution in [-0.2, 0) is 0 Å². The van der Waals surface area contributed by atoms with Crippen LogP contribution in [0.1, 0.15) is 36.3 Å². The van der Waals surface area contributed by atoms with Crippen LogP contribution >= 0.6 is 11.6 Å². The van der Waals surface area contributed by atoms with Crippen molar-refractivity contribution >= 4 is 23.2 Å². The molecular formula is C18H18ClN5. The number of aromatic nitrogens is 2. The van der Waals surface area contributed by atoms with Crippen LogP contribution in [0, 0.1) is 11.3 Å². The van der Waals surface area contributed by atoms with Crippen molar-refractivity contribution in [2.45, 2.75) is 31.2 Å². The van der Waals surface area contributed by atoms with E-state index in [0.717, 1.165) is 19.1 Å². The van der Waals surface area contributed by atoms with E-state index < -0.39 is 0 Å². The van der Waals surface area contributed by atoms with Crippen molar-refractivity contribution in [3.63, 3.8) is 0 Å². The van der Waals surface area contributed by atoms with Crippen LogP contribution in [0.3, 0.4) is 0 Å². The van der Waals surface area contributed by atoms with Crippen LogP contribution < -0.4 is 5.32 Å². The molecule has 2 fully saturated rings. The number of nitriles is 1. The van der Waals surface area contributed by atoms with Crippen LogP contribution in [0.5, 0.6) is 0 Å². The van der Waals surface area contributed by atoms with Gasteiger partial charge in [-0.3, -0.25) is 4.90 Å². The molecule has 0 amide bonds. The maximum Gasteiger partial charge on any atom is 0.133 e. The smallest absolute Gasteiger partial charge is 0.133 e. The number of pyridine rings is 2. The number of likely N-dealkylation sites (tertiary alicyclic amines) is 1. The second-order valence-corrected chi connectivity index (χ2v) is 6.90. The molecule has 3 heterocycles. The van der Waals surface area contributed by atoms with Crippen LogP contribution in [-0.4, -0.2) is 34.0 Å². The minimum Gasteiger partial charge on any atom is -0.325 e. The Morgan fingerprint density at radius 3 is 2.75 bits per heavy atom. The molecular weight excluding hydrogens is 322 g/mol. The largest absolute Gasteiger partial charge is 0.325 e. The molecule has 0 aromatic carbocycles. The van der Waals surface area contributed by atoms with Gasteiger partial charge in [-0.2, -0.15) is 5.26 Å². The molecule has 1 saturated carbocycles. The first-order chi connectivity index (χ1) is 11.7. The molecule has 1 saturated heterocycles. The fourth-order valence-electron chi connectivity index (χ4n) is 3.29. The summed E-state index contributed by atoms with van der Waals surface area (Å²) in [7, 11) is 0. The minimum atomic E-state index is 0.480. The van der Waals surface area contributed by atoms with Crippen LogP contribution in [0.25, 0.3) is 0 Å². The van der Waals surface area contributed by atoms with Gasteiger partial charge in [0.1, 0.15) is 16.8 Å². The summed E-state index contributed by atoms with van der Waals surface area (Å²) < 4.78 is 0. The lowest BCUT2D eigenvalue weighted by atomic mass is 9.84. The standard InChI is InChI=1S/C18H18ClN5/c19-16-7-13(14-10-24(11-14)15-2-1-3-15)8-18(22-16)23-17-6-12(9-20)4-5-21-17/h4-8,14-15H,1-3,10-11H2,(H,21,22,23). The van der Waals surface area contributed by atoms with E-state index in [9.17, 15) is 0 Å². The zero-order chi connectivity index (χ0) is 16.5. The van der Waals surface area contributed by atoms with Crippen LogP contribution in [0.2, 0.25) is 5.15 Å². The van der Waals surface area contributed by atoms with Crippen LogP contribution in [0.15, 0.2) is 30.5 Å². The molecule has 0 unspecified atom stereocenters. The van der Waals surface area contributed by atoms with Crippen molar-refractivity contribution in [2.75, 3.05) is 18.4 Å². The summed E-state index contributed by atoms with van der Waals surface area (Å²) in [6.07, 6.45) is 5.67. The molecule has 0 atom stereocenters. The Morgan fingerprint density at radius 1 is 1.21 bits per heavy atom. The van der Waals surface area contributed by atoms with Gasteiger partial charge in [0.2, 0.25) is 0 Å². The Balaban J connectivity index is 1.48. The normalized spacial score (nSPS) is 18.5. The number of rotatable bonds is 4. The molecule has 1 N–H and O–H groups in total. The van der Waals surface area contributed by atoms with Crippen molar-refractivity contribution in [1.29, 1.82) is 5.26 Å². The Kier molecular flexibility index (Phi) is 4.09. The SMILES string of the molecule is N#Cc1ccnc(Nc2cc(C3CN(C4CCC4)C3)cc(Cl)n2)c1. The van der Waals surface area contributed by atoms with Gasteiger partial charge in [-0.1, -0.05) is 18.0 Å². The second kappa shape index (κ2) is 6.39. The average Bonchev–Trinajstić information content (AvgIpc) is 2.48. The molecule has 2 aromatic heterocycles. The Labute approximate surface area is 146 Å². The predicted octanol–water partition coefficient (Wildman–Crippen LogP) is 3.70. The summed E-state index contributed by atoms with van der Waals surface area (Å²) in [6, 6.07) is 10.3. The zero-order valence-electron chi connectivity index (χ0n) is 13.2. The number of hydrogen-bond acceptors (Lipinski definition) is 5. The van der Waals surface area contributed by atoms with Crippen LogP contribution in [0.4, 0.5) is 11.6 Å². The number of anilines is 2. The maximum absolute atomic E-state index is 8.98. The Bertz CT molecular complexity index is 790. The summed E-state index contributed by atoms with van der Waals surface area (Å²) in [4.78, 5) is 11.1. The molecule has 6 heteroatoms. The molecule has 122 valence electrons. The molecule has 2 aromatic rings. The highest BCUT2D eigenvalue weighted by atomic mass is 35.5. The van der Waals surface area contributed by atoms with Crippen molar-refractivity contribution in [3.8, 4) is 6.07 Å². The van der Waals surface area contributed by atoms with Gasteiger partial charge >= 0.3 is 0 Å². The Hall–Kier alpha value is -2.16. The van der Waals surface area contributed by atoms with Gasteiger partial charge < -0.3 is 5.32 Å². The lowest BCUT2D eigenvalue weighted by Crippen LogP contribution is -2.53. The topological polar surface area (TPSA) is 64.8 Å². The quantitative estimate of drug-likeness (QED) is 0.860. The molecule has 5 nitrogen and oxygen atoms in total. The summed E-state index contributed by atoms with van der Waals surface area (Å²) in [6.45, 7) is 2.21. The minimum absolute atomic E-state index is 0.480. The van der Waals surface area contributed by atoms with Crippen molar-refractivity contribution in [1.82, 2.24) is 14.9 Å². The van der Waals surface area contributed by atoms with E-state index in [4.69, 9.17) is 16.9 Å². The van der Waals surface area contributed by atoms with E-state index in [0.29, 0.717) is 28.3 Å². The maximum atomic E-state index is 8.98. The van der Waals surface area contributed by atoms with E-state index >= 15 is 0 Å². The van der Waals surface area contributed by atoms with Gasteiger partial charge in [0.05, 0.1) is 11.6 Å². The van der Waals surface area contributed by atoms with Crippen molar-refractivity contribution in [2.24, 2.45) is 0 Å². The van der Waals surface area contributed by atoms with Crippen molar-refractivity contribution < 1.29 is 0 Å². The third kappa shape index (κ3) is 3.08. The molecule has 0 radical (unpaired) electrons. The van der Waals surface area contributed by atoms with E-state index in [1.165, 1.54) is 24.8 Å². The predicted molar refractivity (Wildman–Crippen MR) is 93.4 cm³/mol. The molecule has 0 spiro atoms. The second-order valence-electron chi connectivity index (χ2n) is 6.51. The van der Waals surface area contributed by atoms with Crippen molar-refractivity contribution in [3.05, 3.63) is 46.7 Å². The highest BCUT2D eigenvalue weighted by molar-refractivity contribution is 6.29. The van der Waals surface area contributed by atoms with Gasteiger partial charge in [-0.15, -0.1) is 0 Å². The fraction of sp³-hybridized carbons (Fsp3) is 0.389. The highest BCUT2D eigenvalue weighted by Crippen LogP contribution is 2.36. The van der Waals surface area contributed by atoms with Gasteiger partial charge in [-0.05, 0) is 42.7 Å². The summed E-state index contributed by atoms with van der Waals surface area (Å²) in [5.74, 6) is 1.78. The number of nitrogens with zero attached hydrogens (tertiary/aromatic N) is 4. The number of hydrogen-bond donors (Lipinski definition) is 1. The number of halogens is 1. The third-order valence-electron chi connectivity index (χ3n) is 4.93. The first-order valence-electron chi connectivity index (χ1n) is 8.26. The molecule has 24 heavy (non-hydrogen) atoms. The lowest BCUT2D eigenvalue weighted by molar-refractivity contribution is 0.0476. The molecule has 2 aliphatic rings. The lowest BCUT2D eigenvalue weighted by Gasteiger charge is -2.48. The number of nitrogens with one attached hydrogen (secondary N) is 1. The average molecular weight is 340 g/mol. The van der Waals surface area contributed by atoms with E-state index in [1.807, 2.05) is 12.1 Å². The first-order valence-corrected chi connectivity index (χ1v) is 8.64. The van der Waals surface area contributed by atoms with Gasteiger partial charge in [0.15, 0.2) is 0 Å². The van der Waals surface area contributed by atoms with E-state index in [-0.39, 0.29) is 0 Å². The Morgan fingerprint density at radius 2 is 2.04 bits per heavy atom. The van der Waals surface area contributed by atoms with E-state index in [2.05, 4.69) is 26.3 Å². The summed E-state index contributed by atoms with van der Waals surface area (Å²) in [5.41, 5.74) is 1.77. The molecule has 4 rings (SSSR count). The van der Waals surface area contributed by atoms with Gasteiger partial charge in [0, 0.05) is 31.2 Å². The monoisotopic (exact) mass is 339 g/mol. The molecule has 1 aliphatic heterocycles. The van der Waals surface area contributed by atoms with E-state index in [1.54, 1.807) is 18.3 Å². The highest BCUT2D eigenvalue weighted by Gasteiger charge is 2.35. The third-order valence-corrected chi connectivity index (χ3v) is 5.13. The van der Waals surface area contributed by atoms with Gasteiger partial charge in [-0.25, -0.2) is 9.97 Å². The zero-order valence-corrected chi connectivity index (χ0v) is 14.0. The fourth-order valence-corrected chi connectivity index (χ4v) is 3.51. The first kappa shape index (κ1) is 15.4. The summed E-state index contributed by atoms with van der Waals surface area (Å²) in [5, 5.41) is 12.6. The molecule has 0 bridgehead atoms. The van der Waals surface area contributed by atoms with Gasteiger partial charge in [0.25, 0.3) is 0 Å².